The summed E-state index contributed by atoms with van der Waals surface area (Å²) in [6, 6.07) is 15.5. The van der Waals surface area contributed by atoms with E-state index in [4.69, 9.17) is 11.6 Å². The Hall–Kier alpha value is -2.38. The molecule has 1 unspecified atom stereocenters. The maximum absolute atomic E-state index is 12.5. The smallest absolute Gasteiger partial charge is 0.233 e. The summed E-state index contributed by atoms with van der Waals surface area (Å²) in [6.45, 7) is 6.50. The van der Waals surface area contributed by atoms with Gasteiger partial charge >= 0.3 is 0 Å². The number of amides is 1. The molecule has 1 heterocycles. The molecule has 0 saturated heterocycles. The van der Waals surface area contributed by atoms with E-state index < -0.39 is 0 Å². The van der Waals surface area contributed by atoms with E-state index in [1.54, 1.807) is 10.7 Å². The van der Waals surface area contributed by atoms with E-state index >= 15 is 0 Å². The Morgan fingerprint density at radius 1 is 1.14 bits per heavy atom. The lowest BCUT2D eigenvalue weighted by Crippen LogP contribution is -2.30. The molecule has 0 radical (unpaired) electrons. The van der Waals surface area contributed by atoms with Crippen molar-refractivity contribution in [2.75, 3.05) is 0 Å². The standard InChI is InChI=1S/C20H22ClN5OS/c1-13(2)15-8-10-17(11-9-15)26-20(23-24-25-26)28-14(3)19(27)22-12-16-6-4-5-7-18(16)21/h4-11,13-14H,12H2,1-3H3,(H,22,27). The first kappa shape index (κ1) is 20.4. The lowest BCUT2D eigenvalue weighted by molar-refractivity contribution is -0.120. The fourth-order valence-electron chi connectivity index (χ4n) is 2.59. The molecule has 0 aliphatic heterocycles. The van der Waals surface area contributed by atoms with Crippen molar-refractivity contribution in [2.45, 2.75) is 43.6 Å². The zero-order valence-electron chi connectivity index (χ0n) is 16.0. The van der Waals surface area contributed by atoms with Gasteiger partial charge < -0.3 is 5.32 Å². The number of thioether (sulfide) groups is 1. The number of aromatic nitrogens is 4. The molecular formula is C20H22ClN5OS. The number of benzene rings is 2. The van der Waals surface area contributed by atoms with Crippen molar-refractivity contribution in [2.24, 2.45) is 0 Å². The summed E-state index contributed by atoms with van der Waals surface area (Å²) in [7, 11) is 0. The summed E-state index contributed by atoms with van der Waals surface area (Å²) in [6.07, 6.45) is 0. The Bertz CT molecular complexity index is 942. The van der Waals surface area contributed by atoms with Crippen LogP contribution in [0.5, 0.6) is 0 Å². The number of nitrogens with one attached hydrogen (secondary N) is 1. The third-order valence-electron chi connectivity index (χ3n) is 4.31. The van der Waals surface area contributed by atoms with Gasteiger partial charge in [-0.1, -0.05) is 67.5 Å². The number of nitrogens with zero attached hydrogens (tertiary/aromatic N) is 4. The van der Waals surface area contributed by atoms with Crippen molar-refractivity contribution in [1.82, 2.24) is 25.5 Å². The molecule has 0 bridgehead atoms. The average Bonchev–Trinajstić information content (AvgIpc) is 3.15. The summed E-state index contributed by atoms with van der Waals surface area (Å²) < 4.78 is 1.65. The summed E-state index contributed by atoms with van der Waals surface area (Å²) in [5.74, 6) is 0.355. The highest BCUT2D eigenvalue weighted by Gasteiger charge is 2.19. The highest BCUT2D eigenvalue weighted by atomic mass is 35.5. The van der Waals surface area contributed by atoms with Crippen LogP contribution in [-0.2, 0) is 11.3 Å². The van der Waals surface area contributed by atoms with Crippen molar-refractivity contribution in [3.63, 3.8) is 0 Å². The largest absolute Gasteiger partial charge is 0.351 e. The highest BCUT2D eigenvalue weighted by Crippen LogP contribution is 2.24. The SMILES string of the molecule is CC(Sc1nnnn1-c1ccc(C(C)C)cc1)C(=O)NCc1ccccc1Cl. The topological polar surface area (TPSA) is 72.7 Å². The van der Waals surface area contributed by atoms with Crippen LogP contribution in [0.2, 0.25) is 5.02 Å². The average molecular weight is 416 g/mol. The first-order valence-corrected chi connectivity index (χ1v) is 10.3. The molecule has 0 aliphatic rings. The Kier molecular flexibility index (Phi) is 6.70. The van der Waals surface area contributed by atoms with Gasteiger partial charge in [0.15, 0.2) is 0 Å². The molecule has 3 aromatic rings. The minimum atomic E-state index is -0.359. The lowest BCUT2D eigenvalue weighted by Gasteiger charge is -2.12. The molecule has 146 valence electrons. The first-order chi connectivity index (χ1) is 13.5. The molecule has 0 saturated carbocycles. The van der Waals surface area contributed by atoms with Gasteiger partial charge in [-0.3, -0.25) is 4.79 Å². The fourth-order valence-corrected chi connectivity index (χ4v) is 3.63. The van der Waals surface area contributed by atoms with Crippen LogP contribution in [0.4, 0.5) is 0 Å². The molecular weight excluding hydrogens is 394 g/mol. The van der Waals surface area contributed by atoms with Crippen LogP contribution in [0.15, 0.2) is 53.7 Å². The predicted molar refractivity (Wildman–Crippen MR) is 112 cm³/mol. The van der Waals surface area contributed by atoms with Gasteiger partial charge in [-0.2, -0.15) is 4.68 Å². The third kappa shape index (κ3) is 4.91. The number of carbonyl (C=O) groups is 1. The number of halogens is 1. The van der Waals surface area contributed by atoms with Crippen LogP contribution >= 0.6 is 23.4 Å². The van der Waals surface area contributed by atoms with E-state index in [0.717, 1.165) is 11.3 Å². The van der Waals surface area contributed by atoms with Gasteiger partial charge in [0.1, 0.15) is 0 Å². The number of carbonyl (C=O) groups excluding carboxylic acids is 1. The van der Waals surface area contributed by atoms with E-state index in [2.05, 4.69) is 46.8 Å². The van der Waals surface area contributed by atoms with Crippen molar-refractivity contribution in [3.05, 3.63) is 64.7 Å². The molecule has 28 heavy (non-hydrogen) atoms. The summed E-state index contributed by atoms with van der Waals surface area (Å²) in [5.41, 5.74) is 2.99. The van der Waals surface area contributed by atoms with Crippen molar-refractivity contribution in [3.8, 4) is 5.69 Å². The Labute approximate surface area is 173 Å². The normalized spacial score (nSPS) is 12.2. The molecule has 0 aliphatic carbocycles. The monoisotopic (exact) mass is 415 g/mol. The van der Waals surface area contributed by atoms with Gasteiger partial charge in [-0.05, 0) is 52.6 Å². The quantitative estimate of drug-likeness (QED) is 0.584. The maximum atomic E-state index is 12.5. The first-order valence-electron chi connectivity index (χ1n) is 9.02. The van der Waals surface area contributed by atoms with E-state index in [1.807, 2.05) is 37.3 Å². The highest BCUT2D eigenvalue weighted by molar-refractivity contribution is 8.00. The second-order valence-corrected chi connectivity index (χ2v) is 8.40. The Morgan fingerprint density at radius 3 is 2.54 bits per heavy atom. The fraction of sp³-hybridized carbons (Fsp3) is 0.300. The molecule has 6 nitrogen and oxygen atoms in total. The Morgan fingerprint density at radius 2 is 1.86 bits per heavy atom. The van der Waals surface area contributed by atoms with E-state index in [-0.39, 0.29) is 11.2 Å². The zero-order chi connectivity index (χ0) is 20.1. The van der Waals surface area contributed by atoms with Gasteiger partial charge in [-0.25, -0.2) is 0 Å². The number of hydrogen-bond acceptors (Lipinski definition) is 5. The number of rotatable bonds is 7. The van der Waals surface area contributed by atoms with E-state index in [9.17, 15) is 4.79 Å². The van der Waals surface area contributed by atoms with Crippen LogP contribution in [0.3, 0.4) is 0 Å². The second-order valence-electron chi connectivity index (χ2n) is 6.69. The van der Waals surface area contributed by atoms with Gasteiger partial charge in [0.05, 0.1) is 10.9 Å². The number of hydrogen-bond donors (Lipinski definition) is 1. The van der Waals surface area contributed by atoms with Crippen LogP contribution in [0, 0.1) is 0 Å². The molecule has 1 aromatic heterocycles. The van der Waals surface area contributed by atoms with Gasteiger partial charge in [-0.15, -0.1) is 5.10 Å². The van der Waals surface area contributed by atoms with Crippen LogP contribution in [0.1, 0.15) is 37.8 Å². The predicted octanol–water partition coefficient (Wildman–Crippen LogP) is 4.24. The van der Waals surface area contributed by atoms with E-state index in [1.165, 1.54) is 17.3 Å². The van der Waals surface area contributed by atoms with Gasteiger partial charge in [0.25, 0.3) is 0 Å². The maximum Gasteiger partial charge on any atom is 0.233 e. The molecule has 1 atom stereocenters. The summed E-state index contributed by atoms with van der Waals surface area (Å²) in [5, 5.41) is 15.7. The molecule has 8 heteroatoms. The molecule has 3 rings (SSSR count). The minimum absolute atomic E-state index is 0.102. The van der Waals surface area contributed by atoms with Crippen LogP contribution < -0.4 is 5.32 Å². The van der Waals surface area contributed by atoms with E-state index in [0.29, 0.717) is 22.6 Å². The van der Waals surface area contributed by atoms with Crippen molar-refractivity contribution < 1.29 is 4.79 Å². The molecule has 2 aromatic carbocycles. The van der Waals surface area contributed by atoms with Gasteiger partial charge in [0.2, 0.25) is 11.1 Å². The van der Waals surface area contributed by atoms with Crippen LogP contribution in [0.25, 0.3) is 5.69 Å². The third-order valence-corrected chi connectivity index (χ3v) is 5.71. The molecule has 0 fully saturated rings. The van der Waals surface area contributed by atoms with Gasteiger partial charge in [0, 0.05) is 11.6 Å². The second kappa shape index (κ2) is 9.21. The Balaban J connectivity index is 1.64. The number of tetrazole rings is 1. The molecule has 0 spiro atoms. The zero-order valence-corrected chi connectivity index (χ0v) is 17.5. The molecule has 1 amide bonds. The molecule has 1 N–H and O–H groups in total. The minimum Gasteiger partial charge on any atom is -0.351 e. The summed E-state index contributed by atoms with van der Waals surface area (Å²) in [4.78, 5) is 12.5. The van der Waals surface area contributed by atoms with Crippen molar-refractivity contribution in [1.29, 1.82) is 0 Å². The lowest BCUT2D eigenvalue weighted by atomic mass is 10.0. The summed E-state index contributed by atoms with van der Waals surface area (Å²) >= 11 is 7.45. The van der Waals surface area contributed by atoms with Crippen molar-refractivity contribution >= 4 is 29.3 Å². The van der Waals surface area contributed by atoms with Crippen LogP contribution in [-0.4, -0.2) is 31.4 Å².